The standard InChI is InChI=1S/C13H9BrN2O3S/c1-18-9-4-2-3-8(11(9)17)13-15-12(16-19-13)10-5-7(14)6-20-10/h2-6,17H,1H3. The van der Waals surface area contributed by atoms with Gasteiger partial charge in [0.25, 0.3) is 5.89 Å². The Bertz CT molecular complexity index is 754. The molecule has 0 unspecified atom stereocenters. The zero-order chi connectivity index (χ0) is 14.1. The van der Waals surface area contributed by atoms with Gasteiger partial charge in [0.2, 0.25) is 5.82 Å². The zero-order valence-corrected chi connectivity index (χ0v) is 12.7. The minimum atomic E-state index is -0.0161. The Hall–Kier alpha value is -1.86. The lowest BCUT2D eigenvalue weighted by Crippen LogP contribution is -1.86. The molecule has 3 aromatic rings. The van der Waals surface area contributed by atoms with E-state index >= 15 is 0 Å². The van der Waals surface area contributed by atoms with Crippen molar-refractivity contribution in [3.8, 4) is 33.7 Å². The number of phenolic OH excluding ortho intramolecular Hbond substituents is 1. The third-order valence-corrected chi connectivity index (χ3v) is 4.35. The fourth-order valence-electron chi connectivity index (χ4n) is 1.72. The molecule has 2 heterocycles. The van der Waals surface area contributed by atoms with Gasteiger partial charge < -0.3 is 14.4 Å². The highest BCUT2D eigenvalue weighted by Gasteiger charge is 2.17. The molecule has 5 nitrogen and oxygen atoms in total. The number of hydrogen-bond acceptors (Lipinski definition) is 6. The van der Waals surface area contributed by atoms with Gasteiger partial charge in [-0.05, 0) is 34.1 Å². The third kappa shape index (κ3) is 2.30. The Morgan fingerprint density at radius 2 is 2.25 bits per heavy atom. The summed E-state index contributed by atoms with van der Waals surface area (Å²) >= 11 is 4.88. The van der Waals surface area contributed by atoms with Crippen LogP contribution in [0.15, 0.2) is 38.6 Å². The van der Waals surface area contributed by atoms with Crippen LogP contribution in [0, 0.1) is 0 Å². The van der Waals surface area contributed by atoms with Gasteiger partial charge >= 0.3 is 0 Å². The van der Waals surface area contributed by atoms with E-state index in [0.29, 0.717) is 17.1 Å². The summed E-state index contributed by atoms with van der Waals surface area (Å²) in [6, 6.07) is 7.01. The molecule has 102 valence electrons. The first kappa shape index (κ1) is 13.1. The van der Waals surface area contributed by atoms with Crippen LogP contribution in [0.25, 0.3) is 22.2 Å². The average molecular weight is 353 g/mol. The maximum absolute atomic E-state index is 10.1. The van der Waals surface area contributed by atoms with Crippen LogP contribution in [0.2, 0.25) is 0 Å². The minimum absolute atomic E-state index is 0.0161. The van der Waals surface area contributed by atoms with E-state index in [1.807, 2.05) is 11.4 Å². The van der Waals surface area contributed by atoms with Gasteiger partial charge in [-0.3, -0.25) is 0 Å². The molecule has 0 aliphatic heterocycles. The van der Waals surface area contributed by atoms with Crippen LogP contribution < -0.4 is 4.74 Å². The molecule has 3 rings (SSSR count). The minimum Gasteiger partial charge on any atom is -0.504 e. The molecule has 0 aliphatic carbocycles. The van der Waals surface area contributed by atoms with Gasteiger partial charge in [-0.1, -0.05) is 11.2 Å². The largest absolute Gasteiger partial charge is 0.504 e. The van der Waals surface area contributed by atoms with Crippen molar-refractivity contribution in [1.82, 2.24) is 10.1 Å². The van der Waals surface area contributed by atoms with Gasteiger partial charge in [-0.25, -0.2) is 0 Å². The van der Waals surface area contributed by atoms with E-state index in [0.717, 1.165) is 9.35 Å². The number of halogens is 1. The number of nitrogens with zero attached hydrogens (tertiary/aromatic N) is 2. The third-order valence-electron chi connectivity index (χ3n) is 2.66. The number of phenols is 1. The van der Waals surface area contributed by atoms with Crippen LogP contribution in [0.1, 0.15) is 0 Å². The molecule has 0 bridgehead atoms. The molecule has 0 radical (unpaired) electrons. The number of hydrogen-bond donors (Lipinski definition) is 1. The Kier molecular flexibility index (Phi) is 3.45. The molecular formula is C13H9BrN2O3S. The van der Waals surface area contributed by atoms with Crippen molar-refractivity contribution < 1.29 is 14.4 Å². The number of methoxy groups -OCH3 is 1. The van der Waals surface area contributed by atoms with E-state index < -0.39 is 0 Å². The van der Waals surface area contributed by atoms with Gasteiger partial charge in [0.15, 0.2) is 11.5 Å². The van der Waals surface area contributed by atoms with Gasteiger partial charge in [0.1, 0.15) is 0 Å². The monoisotopic (exact) mass is 352 g/mol. The normalized spacial score (nSPS) is 10.7. The summed E-state index contributed by atoms with van der Waals surface area (Å²) < 4.78 is 11.2. The molecule has 1 aromatic carbocycles. The van der Waals surface area contributed by atoms with Crippen LogP contribution in [-0.4, -0.2) is 22.4 Å². The summed E-state index contributed by atoms with van der Waals surface area (Å²) in [7, 11) is 1.49. The fourth-order valence-corrected chi connectivity index (χ4v) is 3.07. The van der Waals surface area contributed by atoms with E-state index in [2.05, 4.69) is 26.1 Å². The van der Waals surface area contributed by atoms with Crippen LogP contribution in [-0.2, 0) is 0 Å². The highest BCUT2D eigenvalue weighted by Crippen LogP contribution is 2.37. The molecule has 0 atom stereocenters. The van der Waals surface area contributed by atoms with E-state index in [1.54, 1.807) is 18.2 Å². The van der Waals surface area contributed by atoms with Crippen molar-refractivity contribution in [3.05, 3.63) is 34.1 Å². The second-order valence-corrected chi connectivity index (χ2v) is 5.74. The molecule has 0 saturated heterocycles. The summed E-state index contributed by atoms with van der Waals surface area (Å²) in [5.74, 6) is 1.08. The molecular weight excluding hydrogens is 344 g/mol. The number of aromatic hydroxyl groups is 1. The Labute approximate surface area is 127 Å². The smallest absolute Gasteiger partial charge is 0.262 e. The maximum atomic E-state index is 10.1. The second-order valence-electron chi connectivity index (χ2n) is 3.91. The van der Waals surface area contributed by atoms with Gasteiger partial charge in [0, 0.05) is 9.85 Å². The lowest BCUT2D eigenvalue weighted by molar-refractivity contribution is 0.371. The van der Waals surface area contributed by atoms with Crippen molar-refractivity contribution in [2.45, 2.75) is 0 Å². The number of benzene rings is 1. The summed E-state index contributed by atoms with van der Waals surface area (Å²) in [5.41, 5.74) is 0.443. The molecule has 7 heteroatoms. The van der Waals surface area contributed by atoms with E-state index in [4.69, 9.17) is 9.26 Å². The summed E-state index contributed by atoms with van der Waals surface area (Å²) in [4.78, 5) is 5.18. The molecule has 20 heavy (non-hydrogen) atoms. The highest BCUT2D eigenvalue weighted by molar-refractivity contribution is 9.10. The first-order valence-corrected chi connectivity index (χ1v) is 7.31. The molecule has 0 fully saturated rings. The SMILES string of the molecule is COc1cccc(-c2nc(-c3cc(Br)cs3)no2)c1O. The van der Waals surface area contributed by atoms with Crippen molar-refractivity contribution in [2.24, 2.45) is 0 Å². The lowest BCUT2D eigenvalue weighted by Gasteiger charge is -2.04. The van der Waals surface area contributed by atoms with Gasteiger partial charge in [-0.2, -0.15) is 4.98 Å². The first-order chi connectivity index (χ1) is 9.69. The van der Waals surface area contributed by atoms with Gasteiger partial charge in [0.05, 0.1) is 17.6 Å². The summed E-state index contributed by atoms with van der Waals surface area (Å²) in [6.07, 6.45) is 0. The van der Waals surface area contributed by atoms with Crippen molar-refractivity contribution >= 4 is 27.3 Å². The average Bonchev–Trinajstić information content (AvgIpc) is 3.07. The molecule has 2 aromatic heterocycles. The predicted molar refractivity (Wildman–Crippen MR) is 79.0 cm³/mol. The second kappa shape index (κ2) is 5.26. The maximum Gasteiger partial charge on any atom is 0.262 e. The zero-order valence-electron chi connectivity index (χ0n) is 10.3. The lowest BCUT2D eigenvalue weighted by atomic mass is 10.2. The summed E-state index contributed by atoms with van der Waals surface area (Å²) in [5, 5.41) is 15.9. The topological polar surface area (TPSA) is 68.4 Å². The first-order valence-electron chi connectivity index (χ1n) is 5.63. The molecule has 0 amide bonds. The Morgan fingerprint density at radius 1 is 1.40 bits per heavy atom. The number of aromatic nitrogens is 2. The van der Waals surface area contributed by atoms with E-state index in [9.17, 15) is 5.11 Å². The number of para-hydroxylation sites is 1. The summed E-state index contributed by atoms with van der Waals surface area (Å²) in [6.45, 7) is 0. The van der Waals surface area contributed by atoms with Gasteiger partial charge in [-0.15, -0.1) is 11.3 Å². The number of thiophene rings is 1. The van der Waals surface area contributed by atoms with Crippen LogP contribution in [0.3, 0.4) is 0 Å². The van der Waals surface area contributed by atoms with Crippen LogP contribution in [0.4, 0.5) is 0 Å². The van der Waals surface area contributed by atoms with E-state index in [1.165, 1.54) is 18.4 Å². The molecule has 1 N–H and O–H groups in total. The fraction of sp³-hybridized carbons (Fsp3) is 0.0769. The Morgan fingerprint density at radius 3 is 2.95 bits per heavy atom. The van der Waals surface area contributed by atoms with Crippen molar-refractivity contribution in [3.63, 3.8) is 0 Å². The number of ether oxygens (including phenoxy) is 1. The Balaban J connectivity index is 2.02. The number of rotatable bonds is 3. The van der Waals surface area contributed by atoms with E-state index in [-0.39, 0.29) is 11.6 Å². The quantitative estimate of drug-likeness (QED) is 0.772. The molecule has 0 saturated carbocycles. The van der Waals surface area contributed by atoms with Crippen molar-refractivity contribution in [2.75, 3.05) is 7.11 Å². The van der Waals surface area contributed by atoms with Crippen LogP contribution in [0.5, 0.6) is 11.5 Å². The van der Waals surface area contributed by atoms with Crippen molar-refractivity contribution in [1.29, 1.82) is 0 Å². The predicted octanol–water partition coefficient (Wildman–Crippen LogP) is 3.94. The highest BCUT2D eigenvalue weighted by atomic mass is 79.9. The van der Waals surface area contributed by atoms with Crippen LogP contribution >= 0.6 is 27.3 Å². The molecule has 0 aliphatic rings. The molecule has 0 spiro atoms.